The van der Waals surface area contributed by atoms with Gasteiger partial charge in [-0.2, -0.15) is 0 Å². The maximum Gasteiger partial charge on any atom is 0.181 e. The molecular formula is C9H9N5O. The molecule has 0 aliphatic carbocycles. The Bertz CT molecular complexity index is 464. The highest BCUT2D eigenvalue weighted by Gasteiger charge is 2.05. The third-order valence-corrected chi connectivity index (χ3v) is 1.84. The summed E-state index contributed by atoms with van der Waals surface area (Å²) >= 11 is 0. The summed E-state index contributed by atoms with van der Waals surface area (Å²) in [7, 11) is 0. The lowest BCUT2D eigenvalue weighted by atomic mass is 10.3. The Morgan fingerprint density at radius 1 is 1.47 bits per heavy atom. The van der Waals surface area contributed by atoms with Crippen LogP contribution in [0.15, 0.2) is 24.8 Å². The van der Waals surface area contributed by atoms with E-state index in [0.29, 0.717) is 12.2 Å². The van der Waals surface area contributed by atoms with Crippen molar-refractivity contribution < 1.29 is 4.79 Å². The van der Waals surface area contributed by atoms with Crippen molar-refractivity contribution in [1.82, 2.24) is 25.0 Å². The Kier molecular flexibility index (Phi) is 2.49. The van der Waals surface area contributed by atoms with Gasteiger partial charge >= 0.3 is 0 Å². The van der Waals surface area contributed by atoms with Gasteiger partial charge in [-0.05, 0) is 0 Å². The summed E-state index contributed by atoms with van der Waals surface area (Å²) in [5.41, 5.74) is 1.14. The van der Waals surface area contributed by atoms with Gasteiger partial charge in [-0.25, -0.2) is 4.68 Å². The van der Waals surface area contributed by atoms with E-state index in [-0.39, 0.29) is 5.78 Å². The number of Topliss-reactive ketones (excluding diaryl/α,β-unsaturated/α-hetero) is 1. The summed E-state index contributed by atoms with van der Waals surface area (Å²) in [6.07, 6.45) is 6.45. The van der Waals surface area contributed by atoms with E-state index in [9.17, 15) is 4.79 Å². The van der Waals surface area contributed by atoms with Gasteiger partial charge in [-0.3, -0.25) is 14.8 Å². The molecule has 0 saturated heterocycles. The minimum atomic E-state index is -0.0969. The van der Waals surface area contributed by atoms with Crippen molar-refractivity contribution >= 4 is 5.78 Å². The molecule has 0 spiro atoms. The monoisotopic (exact) mass is 203 g/mol. The fourth-order valence-corrected chi connectivity index (χ4v) is 1.11. The zero-order valence-corrected chi connectivity index (χ0v) is 8.16. The Hall–Kier alpha value is -2.11. The molecule has 6 nitrogen and oxygen atoms in total. The van der Waals surface area contributed by atoms with Gasteiger partial charge in [0.15, 0.2) is 5.78 Å². The molecule has 2 heterocycles. The molecule has 6 heteroatoms. The second-order valence-electron chi connectivity index (χ2n) is 3.05. The van der Waals surface area contributed by atoms with Gasteiger partial charge in [-0.15, -0.1) is 5.10 Å². The molecule has 0 unspecified atom stereocenters. The van der Waals surface area contributed by atoms with E-state index in [1.54, 1.807) is 29.5 Å². The first-order chi connectivity index (χ1) is 7.25. The molecule has 0 amide bonds. The minimum absolute atomic E-state index is 0.0969. The van der Waals surface area contributed by atoms with Gasteiger partial charge in [0, 0.05) is 19.3 Å². The zero-order valence-electron chi connectivity index (χ0n) is 8.16. The predicted octanol–water partition coefficient (Wildman–Crippen LogP) is 0.319. The molecule has 0 aliphatic rings. The van der Waals surface area contributed by atoms with Crippen molar-refractivity contribution in [3.8, 4) is 0 Å². The van der Waals surface area contributed by atoms with Crippen LogP contribution in [0.1, 0.15) is 23.1 Å². The molecule has 2 aromatic heterocycles. The highest BCUT2D eigenvalue weighted by atomic mass is 16.1. The van der Waals surface area contributed by atoms with Crippen LogP contribution in [0, 0.1) is 0 Å². The van der Waals surface area contributed by atoms with Crippen LogP contribution < -0.4 is 0 Å². The number of aromatic nitrogens is 5. The topological polar surface area (TPSA) is 73.6 Å². The number of carbonyl (C=O) groups is 1. The minimum Gasteiger partial charge on any atom is -0.293 e. The number of nitrogens with zero attached hydrogens (tertiary/aromatic N) is 5. The normalized spacial score (nSPS) is 10.2. The SMILES string of the molecule is CC(=O)c1cn(Cc2cnccn2)nn1. The summed E-state index contributed by atoms with van der Waals surface area (Å²) < 4.78 is 1.56. The second kappa shape index (κ2) is 3.95. The lowest BCUT2D eigenvalue weighted by Crippen LogP contribution is -2.02. The summed E-state index contributed by atoms with van der Waals surface area (Å²) in [4.78, 5) is 19.0. The first-order valence-electron chi connectivity index (χ1n) is 4.41. The van der Waals surface area contributed by atoms with E-state index < -0.39 is 0 Å². The predicted molar refractivity (Wildman–Crippen MR) is 51.2 cm³/mol. The van der Waals surface area contributed by atoms with E-state index >= 15 is 0 Å². The molecule has 2 rings (SSSR count). The quantitative estimate of drug-likeness (QED) is 0.671. The van der Waals surface area contributed by atoms with Gasteiger partial charge in [0.1, 0.15) is 5.69 Å². The van der Waals surface area contributed by atoms with Crippen LogP contribution in [0.5, 0.6) is 0 Å². The average Bonchev–Trinajstić information content (AvgIpc) is 2.68. The van der Waals surface area contributed by atoms with Gasteiger partial charge in [0.2, 0.25) is 0 Å². The summed E-state index contributed by atoms with van der Waals surface area (Å²) in [5, 5.41) is 7.54. The first kappa shape index (κ1) is 9.45. The average molecular weight is 203 g/mol. The van der Waals surface area contributed by atoms with Crippen LogP contribution >= 0.6 is 0 Å². The molecule has 76 valence electrons. The number of ketones is 1. The van der Waals surface area contributed by atoms with E-state index in [2.05, 4.69) is 20.3 Å². The Balaban J connectivity index is 2.15. The lowest BCUT2D eigenvalue weighted by Gasteiger charge is -1.97. The second-order valence-corrected chi connectivity index (χ2v) is 3.05. The fraction of sp³-hybridized carbons (Fsp3) is 0.222. The van der Waals surface area contributed by atoms with Crippen molar-refractivity contribution in [2.75, 3.05) is 0 Å². The van der Waals surface area contributed by atoms with E-state index in [0.717, 1.165) is 5.69 Å². The molecule has 0 bridgehead atoms. The van der Waals surface area contributed by atoms with Crippen LogP contribution in [0.2, 0.25) is 0 Å². The maximum atomic E-state index is 11.0. The Labute approximate surface area is 86.0 Å². The fourth-order valence-electron chi connectivity index (χ4n) is 1.11. The van der Waals surface area contributed by atoms with Crippen molar-refractivity contribution in [3.05, 3.63) is 36.2 Å². The van der Waals surface area contributed by atoms with Crippen molar-refractivity contribution in [1.29, 1.82) is 0 Å². The molecule has 0 N–H and O–H groups in total. The zero-order chi connectivity index (χ0) is 10.7. The van der Waals surface area contributed by atoms with Gasteiger partial charge in [-0.1, -0.05) is 5.21 Å². The summed E-state index contributed by atoms with van der Waals surface area (Å²) in [6.45, 7) is 1.92. The number of hydrogen-bond donors (Lipinski definition) is 0. The lowest BCUT2D eigenvalue weighted by molar-refractivity contribution is 0.101. The molecule has 15 heavy (non-hydrogen) atoms. The molecular weight excluding hydrogens is 194 g/mol. The van der Waals surface area contributed by atoms with E-state index in [1.807, 2.05) is 0 Å². The molecule has 0 aromatic carbocycles. The Morgan fingerprint density at radius 2 is 2.33 bits per heavy atom. The van der Waals surface area contributed by atoms with Crippen molar-refractivity contribution in [2.24, 2.45) is 0 Å². The van der Waals surface area contributed by atoms with Gasteiger partial charge in [0.05, 0.1) is 24.6 Å². The number of hydrogen-bond acceptors (Lipinski definition) is 5. The van der Waals surface area contributed by atoms with Gasteiger partial charge < -0.3 is 0 Å². The smallest absolute Gasteiger partial charge is 0.181 e. The van der Waals surface area contributed by atoms with Crippen LogP contribution in [-0.2, 0) is 6.54 Å². The van der Waals surface area contributed by atoms with Gasteiger partial charge in [0.25, 0.3) is 0 Å². The largest absolute Gasteiger partial charge is 0.293 e. The van der Waals surface area contributed by atoms with Crippen molar-refractivity contribution in [2.45, 2.75) is 13.5 Å². The Morgan fingerprint density at radius 3 is 2.93 bits per heavy atom. The molecule has 2 aromatic rings. The highest BCUT2D eigenvalue weighted by molar-refractivity contribution is 5.91. The standard InChI is InChI=1S/C9H9N5O/c1-7(15)9-6-14(13-12-9)5-8-4-10-2-3-11-8/h2-4,6H,5H2,1H3. The number of rotatable bonds is 3. The first-order valence-corrected chi connectivity index (χ1v) is 4.41. The molecule has 0 aliphatic heterocycles. The molecule has 0 saturated carbocycles. The maximum absolute atomic E-state index is 11.0. The highest BCUT2D eigenvalue weighted by Crippen LogP contribution is 1.98. The van der Waals surface area contributed by atoms with Crippen LogP contribution in [0.25, 0.3) is 0 Å². The van der Waals surface area contributed by atoms with Crippen LogP contribution in [0.3, 0.4) is 0 Å². The summed E-state index contributed by atoms with van der Waals surface area (Å²) in [5.74, 6) is -0.0969. The molecule has 0 radical (unpaired) electrons. The summed E-state index contributed by atoms with van der Waals surface area (Å²) in [6, 6.07) is 0. The van der Waals surface area contributed by atoms with E-state index in [4.69, 9.17) is 0 Å². The number of carbonyl (C=O) groups excluding carboxylic acids is 1. The van der Waals surface area contributed by atoms with Crippen LogP contribution in [0.4, 0.5) is 0 Å². The molecule has 0 atom stereocenters. The molecule has 0 fully saturated rings. The third-order valence-electron chi connectivity index (χ3n) is 1.84. The van der Waals surface area contributed by atoms with E-state index in [1.165, 1.54) is 6.92 Å². The van der Waals surface area contributed by atoms with Crippen molar-refractivity contribution in [3.63, 3.8) is 0 Å². The third kappa shape index (κ3) is 2.22. The van der Waals surface area contributed by atoms with Crippen LogP contribution in [-0.4, -0.2) is 30.7 Å².